The summed E-state index contributed by atoms with van der Waals surface area (Å²) in [6.07, 6.45) is 7.14. The topological polar surface area (TPSA) is 72.5 Å². The van der Waals surface area contributed by atoms with E-state index in [4.69, 9.17) is 16.4 Å². The van der Waals surface area contributed by atoms with E-state index in [9.17, 15) is 14.4 Å². The van der Waals surface area contributed by atoms with Crippen molar-refractivity contribution in [2.24, 2.45) is 11.8 Å². The van der Waals surface area contributed by atoms with Gasteiger partial charge in [0.2, 0.25) is 0 Å². The number of ketones is 3. The fourth-order valence-electron chi connectivity index (χ4n) is 2.95. The zero-order valence-corrected chi connectivity index (χ0v) is 14.5. The van der Waals surface area contributed by atoms with E-state index in [1.165, 1.54) is 6.20 Å². The predicted octanol–water partition coefficient (Wildman–Crippen LogP) is 2.40. The molecule has 2 fully saturated rings. The van der Waals surface area contributed by atoms with Gasteiger partial charge in [-0.05, 0) is 25.0 Å². The van der Waals surface area contributed by atoms with Crippen molar-refractivity contribution >= 4 is 40.7 Å². The molecule has 2 aliphatic rings. The monoisotopic (exact) mass is 357 g/mol. The van der Waals surface area contributed by atoms with E-state index in [-0.39, 0.29) is 28.8 Å². The Kier molecular flexibility index (Phi) is 6.06. The number of nitrogens with one attached hydrogen (secondary N) is 1. The van der Waals surface area contributed by atoms with Crippen LogP contribution in [-0.2, 0) is 19.2 Å². The van der Waals surface area contributed by atoms with Crippen LogP contribution in [0.4, 0.5) is 0 Å². The lowest BCUT2D eigenvalue weighted by molar-refractivity contribution is -0.142. The summed E-state index contributed by atoms with van der Waals surface area (Å²) in [6.45, 7) is 3.52. The van der Waals surface area contributed by atoms with Crippen LogP contribution in [0.3, 0.4) is 0 Å². The maximum Gasteiger partial charge on any atom is 0.175 e. The number of carbonyl (C=O) groups excluding carboxylic acids is 3. The Bertz CT molecular complexity index is 538. The first-order chi connectivity index (χ1) is 10.9. The van der Waals surface area contributed by atoms with Gasteiger partial charge in [0, 0.05) is 34.9 Å². The van der Waals surface area contributed by atoms with Crippen LogP contribution in [0, 0.1) is 11.8 Å². The highest BCUT2D eigenvalue weighted by molar-refractivity contribution is 8.00. The lowest BCUT2D eigenvalue weighted by Gasteiger charge is -2.30. The third-order valence-corrected chi connectivity index (χ3v) is 6.01. The number of hydrogen-bond acceptors (Lipinski definition) is 6. The average Bonchev–Trinajstić information content (AvgIpc) is 3.27. The first kappa shape index (κ1) is 18.2. The van der Waals surface area contributed by atoms with Crippen molar-refractivity contribution in [1.29, 1.82) is 0 Å². The third kappa shape index (κ3) is 4.46. The molecule has 0 amide bonds. The SMILES string of the molecule is C=C(Cl)CONC=CC(=O)C1C(=O)CC(C2(SC)CC2)CC1=O. The molecule has 0 atom stereocenters. The molecule has 2 saturated carbocycles. The van der Waals surface area contributed by atoms with Crippen LogP contribution in [0.1, 0.15) is 25.7 Å². The van der Waals surface area contributed by atoms with Gasteiger partial charge in [0.05, 0.1) is 0 Å². The lowest BCUT2D eigenvalue weighted by atomic mass is 9.76. The number of Topliss-reactive ketones (excluding diaryl/α,β-unsaturated/α-hetero) is 2. The molecule has 5 nitrogen and oxygen atoms in total. The van der Waals surface area contributed by atoms with Crippen LogP contribution < -0.4 is 5.48 Å². The van der Waals surface area contributed by atoms with E-state index >= 15 is 0 Å². The van der Waals surface area contributed by atoms with Gasteiger partial charge in [0.1, 0.15) is 12.5 Å². The minimum atomic E-state index is -1.16. The quantitative estimate of drug-likeness (QED) is 0.311. The zero-order chi connectivity index (χ0) is 17.0. The minimum absolute atomic E-state index is 0.0710. The number of allylic oxidation sites excluding steroid dienone is 1. The van der Waals surface area contributed by atoms with E-state index in [0.717, 1.165) is 18.9 Å². The third-order valence-electron chi connectivity index (χ3n) is 4.34. The molecule has 0 saturated heterocycles. The fraction of sp³-hybridized carbons (Fsp3) is 0.562. The van der Waals surface area contributed by atoms with Crippen molar-refractivity contribution in [1.82, 2.24) is 5.48 Å². The number of hydrogen-bond donors (Lipinski definition) is 1. The second-order valence-electron chi connectivity index (χ2n) is 5.90. The van der Waals surface area contributed by atoms with Gasteiger partial charge in [0.25, 0.3) is 0 Å². The van der Waals surface area contributed by atoms with Crippen molar-refractivity contribution in [3.63, 3.8) is 0 Å². The number of hydroxylamine groups is 1. The van der Waals surface area contributed by atoms with Crippen molar-refractivity contribution in [2.75, 3.05) is 12.9 Å². The fourth-order valence-corrected chi connectivity index (χ4v) is 4.01. The van der Waals surface area contributed by atoms with Crippen molar-refractivity contribution < 1.29 is 19.2 Å². The number of carbonyl (C=O) groups is 3. The summed E-state index contributed by atoms with van der Waals surface area (Å²) >= 11 is 7.24. The Labute approximate surface area is 144 Å². The van der Waals surface area contributed by atoms with Crippen LogP contribution in [-0.4, -0.2) is 35.0 Å². The zero-order valence-electron chi connectivity index (χ0n) is 13.0. The van der Waals surface area contributed by atoms with E-state index < -0.39 is 11.7 Å². The molecule has 0 spiro atoms. The smallest absolute Gasteiger partial charge is 0.175 e. The number of halogens is 1. The Hall–Kier alpha value is -1.11. The maximum absolute atomic E-state index is 12.3. The number of thioether (sulfide) groups is 1. The molecule has 126 valence electrons. The summed E-state index contributed by atoms with van der Waals surface area (Å²) in [6, 6.07) is 0. The average molecular weight is 358 g/mol. The summed E-state index contributed by atoms with van der Waals surface area (Å²) in [7, 11) is 0. The predicted molar refractivity (Wildman–Crippen MR) is 89.9 cm³/mol. The molecular formula is C16H20ClNO4S. The van der Waals surface area contributed by atoms with Gasteiger partial charge in [-0.25, -0.2) is 0 Å². The Balaban J connectivity index is 1.89. The second kappa shape index (κ2) is 7.64. The summed E-state index contributed by atoms with van der Waals surface area (Å²) in [4.78, 5) is 41.5. The lowest BCUT2D eigenvalue weighted by Crippen LogP contribution is -2.41. The summed E-state index contributed by atoms with van der Waals surface area (Å²) in [5.41, 5.74) is 2.40. The van der Waals surface area contributed by atoms with E-state index in [1.54, 1.807) is 11.8 Å². The molecular weight excluding hydrogens is 338 g/mol. The number of rotatable bonds is 8. The normalized spacial score (nSPS) is 26.3. The standard InChI is InChI=1S/C16H20ClNO4S/c1-10(17)9-22-18-6-3-12(19)15-13(20)7-11(8-14(15)21)16(23-2)4-5-16/h3,6,11,15,18H,1,4-5,7-9H2,2H3. The highest BCUT2D eigenvalue weighted by Gasteiger charge is 2.53. The molecule has 7 heteroatoms. The van der Waals surface area contributed by atoms with E-state index in [0.29, 0.717) is 17.9 Å². The first-order valence-corrected chi connectivity index (χ1v) is 9.01. The maximum atomic E-state index is 12.3. The summed E-state index contributed by atoms with van der Waals surface area (Å²) in [5, 5.41) is 0.309. The Morgan fingerprint density at radius 2 is 2.04 bits per heavy atom. The molecule has 2 rings (SSSR count). The van der Waals surface area contributed by atoms with Crippen molar-refractivity contribution in [3.8, 4) is 0 Å². The van der Waals surface area contributed by atoms with Gasteiger partial charge in [0.15, 0.2) is 17.3 Å². The molecule has 23 heavy (non-hydrogen) atoms. The summed E-state index contributed by atoms with van der Waals surface area (Å²) < 4.78 is 0.0779. The highest BCUT2D eigenvalue weighted by Crippen LogP contribution is 2.56. The van der Waals surface area contributed by atoms with Gasteiger partial charge in [-0.2, -0.15) is 11.8 Å². The van der Waals surface area contributed by atoms with Crippen LogP contribution >= 0.6 is 23.4 Å². The largest absolute Gasteiger partial charge is 0.298 e. The molecule has 0 aromatic heterocycles. The van der Waals surface area contributed by atoms with Crippen LogP contribution in [0.25, 0.3) is 0 Å². The van der Waals surface area contributed by atoms with Crippen molar-refractivity contribution in [3.05, 3.63) is 23.9 Å². The first-order valence-electron chi connectivity index (χ1n) is 7.41. The van der Waals surface area contributed by atoms with Gasteiger partial charge in [-0.3, -0.25) is 24.7 Å². The van der Waals surface area contributed by atoms with Gasteiger partial charge >= 0.3 is 0 Å². The molecule has 0 bridgehead atoms. The van der Waals surface area contributed by atoms with E-state index in [2.05, 4.69) is 12.1 Å². The highest BCUT2D eigenvalue weighted by atomic mass is 35.5. The van der Waals surface area contributed by atoms with Crippen LogP contribution in [0.2, 0.25) is 0 Å². The van der Waals surface area contributed by atoms with Gasteiger partial charge in [-0.15, -0.1) is 0 Å². The Morgan fingerprint density at radius 1 is 1.43 bits per heavy atom. The molecule has 0 aliphatic heterocycles. The summed E-state index contributed by atoms with van der Waals surface area (Å²) in [5.74, 6) is -2.13. The minimum Gasteiger partial charge on any atom is -0.298 e. The van der Waals surface area contributed by atoms with Gasteiger partial charge in [-0.1, -0.05) is 18.2 Å². The molecule has 0 radical (unpaired) electrons. The molecule has 1 N–H and O–H groups in total. The molecule has 0 aromatic carbocycles. The molecule has 0 heterocycles. The molecule has 0 aromatic rings. The van der Waals surface area contributed by atoms with Crippen LogP contribution in [0.5, 0.6) is 0 Å². The Morgan fingerprint density at radius 3 is 2.52 bits per heavy atom. The van der Waals surface area contributed by atoms with Crippen LogP contribution in [0.15, 0.2) is 23.9 Å². The second-order valence-corrected chi connectivity index (χ2v) is 7.66. The molecule has 0 unspecified atom stereocenters. The van der Waals surface area contributed by atoms with Gasteiger partial charge < -0.3 is 0 Å². The molecule has 2 aliphatic carbocycles. The van der Waals surface area contributed by atoms with Crippen molar-refractivity contribution in [2.45, 2.75) is 30.4 Å². The van der Waals surface area contributed by atoms with E-state index in [1.807, 2.05) is 6.26 Å².